The molecule has 1 aliphatic heterocycles. The van der Waals surface area contributed by atoms with Gasteiger partial charge in [0.15, 0.2) is 0 Å². The molecule has 2 rings (SSSR count). The lowest BCUT2D eigenvalue weighted by Gasteiger charge is -2.36. The number of hydrogen-bond donors (Lipinski definition) is 1. The van der Waals surface area contributed by atoms with Gasteiger partial charge in [-0.15, -0.1) is 0 Å². The zero-order valence-electron chi connectivity index (χ0n) is 12.1. The summed E-state index contributed by atoms with van der Waals surface area (Å²) in [6, 6.07) is 1.83. The third-order valence-electron chi connectivity index (χ3n) is 3.69. The number of nitrogens with one attached hydrogen (secondary N) is 1. The van der Waals surface area contributed by atoms with E-state index in [-0.39, 0.29) is 6.04 Å². The van der Waals surface area contributed by atoms with Crippen LogP contribution in [0.3, 0.4) is 0 Å². The Hall–Kier alpha value is -0.890. The van der Waals surface area contributed by atoms with Crippen molar-refractivity contribution in [1.29, 1.82) is 0 Å². The molecule has 1 unspecified atom stereocenters. The molecule has 114 valence electrons. The summed E-state index contributed by atoms with van der Waals surface area (Å²) in [4.78, 5) is 0. The first-order valence-corrected chi connectivity index (χ1v) is 8.34. The van der Waals surface area contributed by atoms with Gasteiger partial charge in [-0.05, 0) is 26.0 Å². The molecule has 1 aliphatic rings. The summed E-state index contributed by atoms with van der Waals surface area (Å²) in [7, 11) is 0.0497. The number of hydrogen-bond acceptors (Lipinski definition) is 4. The summed E-state index contributed by atoms with van der Waals surface area (Å²) in [6.07, 6.45) is 6.07. The van der Waals surface area contributed by atoms with E-state index in [9.17, 15) is 8.42 Å². The fourth-order valence-electron chi connectivity index (χ4n) is 2.62. The number of piperidine rings is 1. The Morgan fingerprint density at radius 1 is 1.50 bits per heavy atom. The van der Waals surface area contributed by atoms with Crippen LogP contribution in [0.2, 0.25) is 0 Å². The lowest BCUT2D eigenvalue weighted by Crippen LogP contribution is -2.52. The first kappa shape index (κ1) is 15.5. The topological polar surface area (TPSA) is 65.8 Å². The van der Waals surface area contributed by atoms with Gasteiger partial charge < -0.3 is 9.73 Å². The molecule has 1 fully saturated rings. The average molecular weight is 301 g/mol. The normalized spacial score (nSPS) is 21.4. The van der Waals surface area contributed by atoms with Crippen molar-refractivity contribution in [3.8, 4) is 0 Å². The molecular formula is C13H23N3O3S. The van der Waals surface area contributed by atoms with Crippen LogP contribution in [-0.2, 0) is 16.8 Å². The number of nitrogens with zero attached hydrogens (tertiary/aromatic N) is 2. The molecule has 1 saturated heterocycles. The quantitative estimate of drug-likeness (QED) is 0.852. The Labute approximate surface area is 120 Å². The smallest absolute Gasteiger partial charge is 0.282 e. The van der Waals surface area contributed by atoms with E-state index in [0.29, 0.717) is 19.6 Å². The molecule has 0 amide bonds. The maximum absolute atomic E-state index is 12.7. The van der Waals surface area contributed by atoms with Crippen LogP contribution in [0.1, 0.15) is 24.8 Å². The Kier molecular flexibility index (Phi) is 5.20. The van der Waals surface area contributed by atoms with Crippen LogP contribution in [0.5, 0.6) is 0 Å². The maximum Gasteiger partial charge on any atom is 0.282 e. The van der Waals surface area contributed by atoms with Crippen LogP contribution in [0, 0.1) is 0 Å². The summed E-state index contributed by atoms with van der Waals surface area (Å²) < 4.78 is 33.4. The maximum atomic E-state index is 12.7. The molecule has 0 radical (unpaired) electrons. The molecule has 0 saturated carbocycles. The monoisotopic (exact) mass is 301 g/mol. The van der Waals surface area contributed by atoms with Crippen molar-refractivity contribution >= 4 is 10.2 Å². The van der Waals surface area contributed by atoms with Gasteiger partial charge in [0.05, 0.1) is 12.5 Å². The minimum absolute atomic E-state index is 0.0468. The Bertz CT molecular complexity index is 499. The van der Waals surface area contributed by atoms with Gasteiger partial charge in [-0.2, -0.15) is 17.0 Å². The zero-order valence-corrected chi connectivity index (χ0v) is 12.9. The lowest BCUT2D eigenvalue weighted by atomic mass is 10.1. The van der Waals surface area contributed by atoms with Crippen LogP contribution < -0.4 is 5.32 Å². The highest BCUT2D eigenvalue weighted by atomic mass is 32.2. The third kappa shape index (κ3) is 3.41. The molecule has 1 aromatic rings. The number of furan rings is 1. The van der Waals surface area contributed by atoms with E-state index in [2.05, 4.69) is 5.32 Å². The Morgan fingerprint density at radius 2 is 2.30 bits per heavy atom. The molecule has 1 aromatic heterocycles. The number of rotatable bonds is 6. The van der Waals surface area contributed by atoms with Crippen molar-refractivity contribution in [2.75, 3.05) is 27.2 Å². The molecule has 6 nitrogen and oxygen atoms in total. The largest absolute Gasteiger partial charge is 0.472 e. The molecule has 1 atom stereocenters. The molecule has 0 bridgehead atoms. The van der Waals surface area contributed by atoms with Gasteiger partial charge in [0.25, 0.3) is 10.2 Å². The van der Waals surface area contributed by atoms with E-state index in [4.69, 9.17) is 4.42 Å². The van der Waals surface area contributed by atoms with Crippen LogP contribution in [0.4, 0.5) is 0 Å². The summed E-state index contributed by atoms with van der Waals surface area (Å²) in [5, 5.41) is 3.08. The van der Waals surface area contributed by atoms with Gasteiger partial charge >= 0.3 is 0 Å². The molecule has 0 aliphatic carbocycles. The van der Waals surface area contributed by atoms with Crippen LogP contribution in [-0.4, -0.2) is 50.3 Å². The van der Waals surface area contributed by atoms with Crippen molar-refractivity contribution < 1.29 is 12.8 Å². The Balaban J connectivity index is 2.10. The predicted octanol–water partition coefficient (Wildman–Crippen LogP) is 1.03. The lowest BCUT2D eigenvalue weighted by molar-refractivity contribution is 0.232. The second kappa shape index (κ2) is 6.71. The molecule has 20 heavy (non-hydrogen) atoms. The highest BCUT2D eigenvalue weighted by Crippen LogP contribution is 2.22. The highest BCUT2D eigenvalue weighted by molar-refractivity contribution is 7.86. The van der Waals surface area contributed by atoms with E-state index in [1.54, 1.807) is 29.9 Å². The highest BCUT2D eigenvalue weighted by Gasteiger charge is 2.34. The fraction of sp³-hybridized carbons (Fsp3) is 0.692. The minimum atomic E-state index is -3.42. The standard InChI is InChI=1S/C13H23N3O3S/c1-14-9-13-5-3-4-7-16(13)20(17,18)15(2)10-12-6-8-19-11-12/h6,8,11,13-14H,3-5,7,9-10H2,1-2H3. The van der Waals surface area contributed by atoms with Crippen LogP contribution in [0.15, 0.2) is 23.0 Å². The van der Waals surface area contributed by atoms with Crippen molar-refractivity contribution in [3.05, 3.63) is 24.2 Å². The summed E-state index contributed by atoms with van der Waals surface area (Å²) in [6.45, 7) is 1.63. The molecule has 0 aromatic carbocycles. The number of likely N-dealkylation sites (N-methyl/N-ethyl adjacent to an activating group) is 1. The second-order valence-electron chi connectivity index (χ2n) is 5.21. The van der Waals surface area contributed by atoms with Crippen molar-refractivity contribution in [2.24, 2.45) is 0 Å². The molecular weight excluding hydrogens is 278 g/mol. The van der Waals surface area contributed by atoms with E-state index < -0.39 is 10.2 Å². The van der Waals surface area contributed by atoms with E-state index in [1.165, 1.54) is 4.31 Å². The predicted molar refractivity (Wildman–Crippen MR) is 77.4 cm³/mol. The average Bonchev–Trinajstić information content (AvgIpc) is 2.92. The molecule has 0 spiro atoms. The van der Waals surface area contributed by atoms with E-state index in [0.717, 1.165) is 24.8 Å². The summed E-state index contributed by atoms with van der Waals surface area (Å²) in [5.74, 6) is 0. The molecule has 7 heteroatoms. The van der Waals surface area contributed by atoms with E-state index >= 15 is 0 Å². The van der Waals surface area contributed by atoms with Crippen molar-refractivity contribution in [3.63, 3.8) is 0 Å². The minimum Gasteiger partial charge on any atom is -0.472 e. The van der Waals surface area contributed by atoms with Gasteiger partial charge in [-0.25, -0.2) is 0 Å². The Morgan fingerprint density at radius 3 is 2.95 bits per heavy atom. The van der Waals surface area contributed by atoms with Crippen LogP contribution >= 0.6 is 0 Å². The van der Waals surface area contributed by atoms with E-state index in [1.807, 2.05) is 7.05 Å². The summed E-state index contributed by atoms with van der Waals surface area (Å²) >= 11 is 0. The molecule has 1 N–H and O–H groups in total. The zero-order chi connectivity index (χ0) is 14.6. The van der Waals surface area contributed by atoms with Gasteiger partial charge in [-0.1, -0.05) is 6.42 Å². The van der Waals surface area contributed by atoms with Crippen molar-refractivity contribution in [1.82, 2.24) is 13.9 Å². The van der Waals surface area contributed by atoms with Crippen LogP contribution in [0.25, 0.3) is 0 Å². The van der Waals surface area contributed by atoms with Crippen molar-refractivity contribution in [2.45, 2.75) is 31.8 Å². The van der Waals surface area contributed by atoms with Gasteiger partial charge in [-0.3, -0.25) is 0 Å². The van der Waals surface area contributed by atoms with Gasteiger partial charge in [0, 0.05) is 38.3 Å². The SMILES string of the molecule is CNCC1CCCCN1S(=O)(=O)N(C)Cc1ccoc1. The first-order valence-electron chi connectivity index (χ1n) is 6.94. The van der Waals surface area contributed by atoms with Gasteiger partial charge in [0.1, 0.15) is 0 Å². The third-order valence-corrected chi connectivity index (χ3v) is 5.68. The first-order chi connectivity index (χ1) is 9.55. The summed E-state index contributed by atoms with van der Waals surface area (Å²) in [5.41, 5.74) is 0.859. The fourth-order valence-corrected chi connectivity index (χ4v) is 4.20. The second-order valence-corrected chi connectivity index (χ2v) is 7.20. The molecule has 2 heterocycles. The van der Waals surface area contributed by atoms with Gasteiger partial charge in [0.2, 0.25) is 0 Å².